The van der Waals surface area contributed by atoms with E-state index >= 15 is 0 Å². The van der Waals surface area contributed by atoms with Crippen LogP contribution < -0.4 is 0 Å². The number of hydrogen-bond acceptors (Lipinski definition) is 5. The summed E-state index contributed by atoms with van der Waals surface area (Å²) < 4.78 is 14.3. The fourth-order valence-corrected chi connectivity index (χ4v) is 1.52. The Bertz CT molecular complexity index is 289. The van der Waals surface area contributed by atoms with Crippen molar-refractivity contribution in [2.75, 3.05) is 6.61 Å². The molecule has 0 aliphatic carbocycles. The first-order valence-corrected chi connectivity index (χ1v) is 7.08. The van der Waals surface area contributed by atoms with E-state index in [1.54, 1.807) is 0 Å². The van der Waals surface area contributed by atoms with E-state index in [2.05, 4.69) is 18.6 Å². The van der Waals surface area contributed by atoms with Crippen molar-refractivity contribution in [2.24, 2.45) is 11.8 Å². The molecule has 0 aliphatic heterocycles. The van der Waals surface area contributed by atoms with Gasteiger partial charge >= 0.3 is 12.3 Å². The van der Waals surface area contributed by atoms with Gasteiger partial charge < -0.3 is 19.3 Å². The lowest BCUT2D eigenvalue weighted by Gasteiger charge is -2.19. The lowest BCUT2D eigenvalue weighted by Crippen LogP contribution is -2.26. The van der Waals surface area contributed by atoms with E-state index in [1.807, 2.05) is 13.8 Å². The van der Waals surface area contributed by atoms with Gasteiger partial charge in [-0.15, -0.1) is 0 Å². The summed E-state index contributed by atoms with van der Waals surface area (Å²) in [6.07, 6.45) is -0.595. The molecule has 6 nitrogen and oxygen atoms in total. The lowest BCUT2D eigenvalue weighted by molar-refractivity contribution is -0.107. The van der Waals surface area contributed by atoms with Crippen molar-refractivity contribution in [3.05, 3.63) is 0 Å². The van der Waals surface area contributed by atoms with E-state index in [-0.39, 0.29) is 12.5 Å². The Balaban J connectivity index is 4.07. The predicted molar refractivity (Wildman–Crippen MR) is 73.5 cm³/mol. The van der Waals surface area contributed by atoms with Gasteiger partial charge in [0.05, 0.1) is 6.61 Å². The van der Waals surface area contributed by atoms with E-state index in [4.69, 9.17) is 14.6 Å². The summed E-state index contributed by atoms with van der Waals surface area (Å²) in [4.78, 5) is 22.0. The number of carbonyl (C=O) groups is 2. The molecule has 0 aromatic carbocycles. The van der Waals surface area contributed by atoms with Gasteiger partial charge in [-0.05, 0) is 24.7 Å². The lowest BCUT2D eigenvalue weighted by atomic mass is 10.1. The van der Waals surface area contributed by atoms with E-state index in [0.717, 1.165) is 19.3 Å². The highest BCUT2D eigenvalue weighted by Crippen LogP contribution is 2.14. The predicted octanol–water partition coefficient (Wildman–Crippen LogP) is 4.03. The summed E-state index contributed by atoms with van der Waals surface area (Å²) in [5, 5.41) is 8.60. The van der Waals surface area contributed by atoms with Gasteiger partial charge in [-0.25, -0.2) is 9.59 Å². The molecule has 0 spiro atoms. The Kier molecular flexibility index (Phi) is 9.59. The van der Waals surface area contributed by atoms with Crippen molar-refractivity contribution >= 4 is 12.3 Å². The fourth-order valence-electron chi connectivity index (χ4n) is 1.52. The monoisotopic (exact) mass is 290 g/mol. The molecular formula is C14H26O6. The molecule has 0 fully saturated rings. The number of ether oxygens (including phenoxy) is 3. The molecule has 0 bridgehead atoms. The maximum absolute atomic E-state index is 11.4. The molecule has 0 amide bonds. The summed E-state index contributed by atoms with van der Waals surface area (Å²) in [5.41, 5.74) is 0. The highest BCUT2D eigenvalue weighted by molar-refractivity contribution is 5.61. The molecule has 0 aromatic heterocycles. The van der Waals surface area contributed by atoms with Crippen LogP contribution in [0.5, 0.6) is 0 Å². The van der Waals surface area contributed by atoms with Gasteiger partial charge in [-0.1, -0.05) is 34.1 Å². The number of carbonyl (C=O) groups excluding carboxylic acids is 1. The van der Waals surface area contributed by atoms with Crippen LogP contribution in [-0.2, 0) is 14.2 Å². The molecule has 0 aliphatic rings. The minimum Gasteiger partial charge on any atom is -0.450 e. The largest absolute Gasteiger partial charge is 0.511 e. The number of rotatable bonds is 9. The highest BCUT2D eigenvalue weighted by atomic mass is 16.8. The van der Waals surface area contributed by atoms with Crippen LogP contribution in [0.2, 0.25) is 0 Å². The van der Waals surface area contributed by atoms with Crippen LogP contribution in [0.3, 0.4) is 0 Å². The molecule has 2 unspecified atom stereocenters. The third-order valence-corrected chi connectivity index (χ3v) is 2.90. The van der Waals surface area contributed by atoms with Crippen molar-refractivity contribution in [2.45, 2.75) is 59.7 Å². The topological polar surface area (TPSA) is 82.1 Å². The maximum Gasteiger partial charge on any atom is 0.511 e. The van der Waals surface area contributed by atoms with Gasteiger partial charge in [0.2, 0.25) is 0 Å². The first-order valence-electron chi connectivity index (χ1n) is 7.08. The van der Waals surface area contributed by atoms with Gasteiger partial charge in [0.1, 0.15) is 0 Å². The van der Waals surface area contributed by atoms with E-state index in [1.165, 1.54) is 0 Å². The Morgan fingerprint density at radius 2 is 1.80 bits per heavy atom. The zero-order valence-corrected chi connectivity index (χ0v) is 12.8. The molecule has 2 atom stereocenters. The molecule has 0 rings (SSSR count). The zero-order chi connectivity index (χ0) is 15.5. The van der Waals surface area contributed by atoms with Crippen molar-refractivity contribution in [3.8, 4) is 0 Å². The minimum absolute atomic E-state index is 0.188. The van der Waals surface area contributed by atoms with Crippen LogP contribution >= 0.6 is 0 Å². The van der Waals surface area contributed by atoms with Gasteiger partial charge in [0.15, 0.2) is 0 Å². The number of carboxylic acid groups (broad SMARTS) is 1. The van der Waals surface area contributed by atoms with E-state index < -0.39 is 18.6 Å². The standard InChI is InChI=1S/C14H26O6/c1-5-11(4)9-12(19-13(15)16)20-14(17)18-8-6-7-10(2)3/h10-12H,5-9H2,1-4H3,(H,15,16). The van der Waals surface area contributed by atoms with Crippen LogP contribution in [0.25, 0.3) is 0 Å². The summed E-state index contributed by atoms with van der Waals surface area (Å²) in [6.45, 7) is 8.32. The van der Waals surface area contributed by atoms with Crippen LogP contribution in [0.4, 0.5) is 9.59 Å². The molecule has 0 saturated carbocycles. The van der Waals surface area contributed by atoms with Gasteiger partial charge in [-0.2, -0.15) is 0 Å². The average Bonchev–Trinajstić information content (AvgIpc) is 2.33. The zero-order valence-electron chi connectivity index (χ0n) is 12.8. The Morgan fingerprint density at radius 3 is 2.30 bits per heavy atom. The fraction of sp³-hybridized carbons (Fsp3) is 0.857. The van der Waals surface area contributed by atoms with Crippen molar-refractivity contribution in [1.82, 2.24) is 0 Å². The van der Waals surface area contributed by atoms with Crippen LogP contribution in [0.15, 0.2) is 0 Å². The first kappa shape index (κ1) is 18.5. The first-order chi connectivity index (χ1) is 9.35. The maximum atomic E-state index is 11.4. The molecular weight excluding hydrogens is 264 g/mol. The second-order valence-corrected chi connectivity index (χ2v) is 5.31. The Hall–Kier alpha value is -1.46. The van der Waals surface area contributed by atoms with E-state index in [0.29, 0.717) is 12.3 Å². The summed E-state index contributed by atoms with van der Waals surface area (Å²) >= 11 is 0. The molecule has 6 heteroatoms. The summed E-state index contributed by atoms with van der Waals surface area (Å²) in [6, 6.07) is 0. The van der Waals surface area contributed by atoms with Crippen molar-refractivity contribution in [1.29, 1.82) is 0 Å². The number of hydrogen-bond donors (Lipinski definition) is 1. The highest BCUT2D eigenvalue weighted by Gasteiger charge is 2.21. The van der Waals surface area contributed by atoms with Crippen LogP contribution in [0.1, 0.15) is 53.4 Å². The van der Waals surface area contributed by atoms with Gasteiger partial charge in [0.25, 0.3) is 6.29 Å². The molecule has 1 N–H and O–H groups in total. The van der Waals surface area contributed by atoms with Crippen LogP contribution in [0, 0.1) is 11.8 Å². The Morgan fingerprint density at radius 1 is 1.15 bits per heavy atom. The SMILES string of the molecule is CCC(C)CC(OC(=O)O)OC(=O)OCCCC(C)C. The molecule has 0 saturated heterocycles. The third-order valence-electron chi connectivity index (χ3n) is 2.90. The summed E-state index contributed by atoms with van der Waals surface area (Å²) in [7, 11) is 0. The third kappa shape index (κ3) is 10.5. The Labute approximate surface area is 120 Å². The second-order valence-electron chi connectivity index (χ2n) is 5.31. The van der Waals surface area contributed by atoms with E-state index in [9.17, 15) is 9.59 Å². The van der Waals surface area contributed by atoms with Crippen molar-refractivity contribution < 1.29 is 28.9 Å². The summed E-state index contributed by atoms with van der Waals surface area (Å²) in [5.74, 6) is 0.733. The van der Waals surface area contributed by atoms with Crippen molar-refractivity contribution in [3.63, 3.8) is 0 Å². The average molecular weight is 290 g/mol. The molecule has 0 heterocycles. The normalized spacial score (nSPS) is 13.7. The minimum atomic E-state index is -1.47. The molecule has 0 aromatic rings. The van der Waals surface area contributed by atoms with Gasteiger partial charge in [0, 0.05) is 6.42 Å². The van der Waals surface area contributed by atoms with Crippen LogP contribution in [-0.4, -0.2) is 30.3 Å². The second kappa shape index (κ2) is 10.3. The molecule has 118 valence electrons. The van der Waals surface area contributed by atoms with Gasteiger partial charge in [-0.3, -0.25) is 0 Å². The molecule has 20 heavy (non-hydrogen) atoms. The quantitative estimate of drug-likeness (QED) is 0.392. The smallest absolute Gasteiger partial charge is 0.450 e. The molecule has 0 radical (unpaired) electrons.